The molecule has 24 heavy (non-hydrogen) atoms. The van der Waals surface area contributed by atoms with E-state index in [1.54, 1.807) is 37.5 Å². The van der Waals surface area contributed by atoms with Crippen LogP contribution in [-0.2, 0) is 13.6 Å². The van der Waals surface area contributed by atoms with Gasteiger partial charge in [0, 0.05) is 30.7 Å². The normalized spacial score (nSPS) is 13.1. The quantitative estimate of drug-likeness (QED) is 0.241. The Labute approximate surface area is 144 Å². The molecule has 0 aliphatic heterocycles. The van der Waals surface area contributed by atoms with E-state index < -0.39 is 19.7 Å². The summed E-state index contributed by atoms with van der Waals surface area (Å²) in [5, 5.41) is 36.4. The van der Waals surface area contributed by atoms with E-state index in [-0.39, 0.29) is 52.6 Å². The second-order valence-corrected chi connectivity index (χ2v) is 6.98. The van der Waals surface area contributed by atoms with Crippen molar-refractivity contribution in [1.82, 2.24) is 9.80 Å². The van der Waals surface area contributed by atoms with Crippen LogP contribution >= 0.6 is 8.25 Å². The van der Waals surface area contributed by atoms with Crippen LogP contribution in [0.25, 0.3) is 0 Å². The van der Waals surface area contributed by atoms with Gasteiger partial charge in [0.25, 0.3) is 0 Å². The Kier molecular flexibility index (Phi) is 11.3. The van der Waals surface area contributed by atoms with Crippen LogP contribution in [0.15, 0.2) is 0 Å². The molecule has 0 fully saturated rings. The summed E-state index contributed by atoms with van der Waals surface area (Å²) >= 11 is 0. The highest BCUT2D eigenvalue weighted by atomic mass is 31.1. The van der Waals surface area contributed by atoms with Gasteiger partial charge < -0.3 is 20.4 Å². The van der Waals surface area contributed by atoms with Crippen LogP contribution in [0.2, 0.25) is 0 Å². The summed E-state index contributed by atoms with van der Waals surface area (Å²) in [5.41, 5.74) is -2.04. The topological polar surface area (TPSA) is 123 Å². The maximum absolute atomic E-state index is 12.3. The molecule has 144 valence electrons. The first-order chi connectivity index (χ1) is 11.1. The number of nitrogens with zero attached hydrogens (tertiary/aromatic N) is 2. The number of hydrogen-bond acceptors (Lipinski definition) is 9. The lowest BCUT2D eigenvalue weighted by atomic mass is 10.2. The third-order valence-electron chi connectivity index (χ3n) is 3.60. The van der Waals surface area contributed by atoms with Crippen LogP contribution in [0.4, 0.5) is 0 Å². The Morgan fingerprint density at radius 1 is 0.708 bits per heavy atom. The first kappa shape index (κ1) is 23.8. The second-order valence-electron chi connectivity index (χ2n) is 6.17. The third kappa shape index (κ3) is 8.24. The molecule has 0 aromatic carbocycles. The number of aliphatic hydroxyl groups excluding tert-OH is 4. The highest BCUT2D eigenvalue weighted by Gasteiger charge is 2.44. The predicted octanol–water partition coefficient (Wildman–Crippen LogP) is -0.278. The molecule has 0 bridgehead atoms. The molecule has 0 spiro atoms. The molecule has 0 aliphatic carbocycles. The average Bonchev–Trinajstić information content (AvgIpc) is 2.45. The van der Waals surface area contributed by atoms with Gasteiger partial charge in [-0.3, -0.25) is 9.80 Å². The third-order valence-corrected chi connectivity index (χ3v) is 4.79. The van der Waals surface area contributed by atoms with Gasteiger partial charge in [0.05, 0.1) is 26.4 Å². The molecule has 0 saturated heterocycles. The molecule has 0 unspecified atom stereocenters. The minimum atomic E-state index is -2.52. The van der Waals surface area contributed by atoms with Gasteiger partial charge in [0.15, 0.2) is 11.4 Å². The van der Waals surface area contributed by atoms with Gasteiger partial charge in [-0.1, -0.05) is 9.05 Å². The molecule has 0 heterocycles. The van der Waals surface area contributed by atoms with Gasteiger partial charge in [0.1, 0.15) is 0 Å². The van der Waals surface area contributed by atoms with Crippen molar-refractivity contribution in [1.29, 1.82) is 0 Å². The van der Waals surface area contributed by atoms with Crippen molar-refractivity contribution in [2.75, 3.05) is 52.6 Å². The number of aliphatic hydroxyl groups is 4. The van der Waals surface area contributed by atoms with Gasteiger partial charge in [-0.2, -0.15) is 0 Å². The highest BCUT2D eigenvalue weighted by molar-refractivity contribution is 7.33. The van der Waals surface area contributed by atoms with E-state index in [4.69, 9.17) is 29.5 Å². The first-order valence-corrected chi connectivity index (χ1v) is 9.03. The monoisotopic (exact) mass is 371 g/mol. The lowest BCUT2D eigenvalue weighted by molar-refractivity contribution is -0.104. The van der Waals surface area contributed by atoms with Gasteiger partial charge in [-0.05, 0) is 27.7 Å². The Bertz CT molecular complexity index is 325. The fourth-order valence-electron chi connectivity index (χ4n) is 2.28. The zero-order valence-electron chi connectivity index (χ0n) is 15.0. The summed E-state index contributed by atoms with van der Waals surface area (Å²) in [4.78, 5) is 3.30. The fraction of sp³-hybridized carbons (Fsp3) is 1.00. The lowest BCUT2D eigenvalue weighted by Gasteiger charge is -2.34. The largest absolute Gasteiger partial charge is 0.701 e. The van der Waals surface area contributed by atoms with Crippen LogP contribution in [0, 0.1) is 0 Å². The molecule has 0 rings (SSSR count). The molecule has 10 heteroatoms. The fourth-order valence-corrected chi connectivity index (χ4v) is 3.28. The molecular weight excluding hydrogens is 339 g/mol. The lowest BCUT2D eigenvalue weighted by Crippen LogP contribution is -2.49. The molecule has 0 saturated carbocycles. The van der Waals surface area contributed by atoms with Crippen LogP contribution in [0.5, 0.6) is 0 Å². The molecule has 0 aromatic rings. The van der Waals surface area contributed by atoms with Crippen molar-refractivity contribution < 1.29 is 34.0 Å². The zero-order valence-corrected chi connectivity index (χ0v) is 15.9. The number of hydrogen-bond donors (Lipinski definition) is 4. The van der Waals surface area contributed by atoms with E-state index in [1.165, 1.54) is 0 Å². The minimum Gasteiger partial charge on any atom is -0.395 e. The Balaban J connectivity index is 4.89. The van der Waals surface area contributed by atoms with Crippen LogP contribution < -0.4 is 0 Å². The molecule has 0 aliphatic rings. The van der Waals surface area contributed by atoms with Crippen LogP contribution in [0.3, 0.4) is 0 Å². The van der Waals surface area contributed by atoms with Crippen molar-refractivity contribution in [2.45, 2.75) is 39.1 Å². The maximum atomic E-state index is 12.3. The Morgan fingerprint density at radius 2 is 0.958 bits per heavy atom. The van der Waals surface area contributed by atoms with E-state index in [0.29, 0.717) is 0 Å². The van der Waals surface area contributed by atoms with Crippen LogP contribution in [-0.4, -0.2) is 94.3 Å². The summed E-state index contributed by atoms with van der Waals surface area (Å²) in [7, 11) is -2.52. The molecule has 0 amide bonds. The van der Waals surface area contributed by atoms with E-state index in [1.807, 2.05) is 0 Å². The van der Waals surface area contributed by atoms with Crippen molar-refractivity contribution in [3.05, 3.63) is 0 Å². The smallest absolute Gasteiger partial charge is 0.395 e. The maximum Gasteiger partial charge on any atom is 0.701 e. The van der Waals surface area contributed by atoms with Crippen LogP contribution in [0.1, 0.15) is 27.7 Å². The van der Waals surface area contributed by atoms with Gasteiger partial charge in [-0.25, -0.2) is 0 Å². The summed E-state index contributed by atoms with van der Waals surface area (Å²) < 4.78 is 23.3. The van der Waals surface area contributed by atoms with Crippen molar-refractivity contribution in [3.63, 3.8) is 0 Å². The Morgan fingerprint density at radius 3 is 1.17 bits per heavy atom. The molecule has 4 N–H and O–H groups in total. The molecule has 0 aromatic heterocycles. The first-order valence-electron chi connectivity index (χ1n) is 7.93. The van der Waals surface area contributed by atoms with Crippen molar-refractivity contribution in [2.24, 2.45) is 0 Å². The number of rotatable bonds is 14. The van der Waals surface area contributed by atoms with E-state index in [0.717, 1.165) is 0 Å². The van der Waals surface area contributed by atoms with Gasteiger partial charge in [-0.15, -0.1) is 0 Å². The van der Waals surface area contributed by atoms with Gasteiger partial charge >= 0.3 is 8.25 Å². The van der Waals surface area contributed by atoms with Crippen molar-refractivity contribution in [3.8, 4) is 0 Å². The minimum absolute atomic E-state index is 0.128. The van der Waals surface area contributed by atoms with Gasteiger partial charge in [0.2, 0.25) is 0 Å². The standard InChI is InChI=1S/C14H32N2O7P/c1-13(2,15(5-9-17)6-10-18)22-24(21)23-14(3,4)16(7-11-19)8-12-20/h17-20H,5-12H2,1-4H3/q+1. The SMILES string of the molecule is CC(C)(O[P+](=O)OC(C)(C)N(CCO)CCO)N(CCO)CCO. The summed E-state index contributed by atoms with van der Waals surface area (Å²) in [6.07, 6.45) is 0. The average molecular weight is 371 g/mol. The summed E-state index contributed by atoms with van der Waals surface area (Å²) in [6, 6.07) is 0. The molecule has 9 nitrogen and oxygen atoms in total. The highest BCUT2D eigenvalue weighted by Crippen LogP contribution is 2.38. The second kappa shape index (κ2) is 11.4. The van der Waals surface area contributed by atoms with E-state index in [2.05, 4.69) is 0 Å². The Hall–Kier alpha value is -0.220. The predicted molar refractivity (Wildman–Crippen MR) is 89.4 cm³/mol. The molecular formula is C14H32N2O7P+. The molecule has 0 radical (unpaired) electrons. The summed E-state index contributed by atoms with van der Waals surface area (Å²) in [6.45, 7) is 7.16. The van der Waals surface area contributed by atoms with Crippen molar-refractivity contribution >= 4 is 8.25 Å². The molecule has 0 atom stereocenters. The summed E-state index contributed by atoms with van der Waals surface area (Å²) in [5.74, 6) is 0. The van der Waals surface area contributed by atoms with E-state index in [9.17, 15) is 4.57 Å². The van der Waals surface area contributed by atoms with E-state index >= 15 is 0 Å². The zero-order chi connectivity index (χ0) is 18.8.